The summed E-state index contributed by atoms with van der Waals surface area (Å²) >= 11 is 0. The molecule has 0 fully saturated rings. The van der Waals surface area contributed by atoms with E-state index in [9.17, 15) is 10.1 Å². The molecule has 1 aromatic carbocycles. The molecule has 17 heavy (non-hydrogen) atoms. The number of nitrogens with one attached hydrogen (secondary N) is 1. The van der Waals surface area contributed by atoms with Crippen molar-refractivity contribution >= 4 is 5.69 Å². The van der Waals surface area contributed by atoms with Crippen molar-refractivity contribution in [3.05, 3.63) is 33.9 Å². The molecule has 0 saturated heterocycles. The molecule has 0 amide bonds. The minimum Gasteiger partial charge on any atom is -0.492 e. The average molecular weight is 238 g/mol. The van der Waals surface area contributed by atoms with E-state index in [-0.39, 0.29) is 5.69 Å². The molecule has 0 bridgehead atoms. The summed E-state index contributed by atoms with van der Waals surface area (Å²) in [5.74, 6) is 0.581. The first-order valence-electron chi connectivity index (χ1n) is 5.74. The van der Waals surface area contributed by atoms with Gasteiger partial charge < -0.3 is 10.1 Å². The molecular formula is C12H18N2O3. The number of nitro benzene ring substituents is 1. The first-order valence-corrected chi connectivity index (χ1v) is 5.74. The van der Waals surface area contributed by atoms with Crippen LogP contribution in [0.2, 0.25) is 0 Å². The summed E-state index contributed by atoms with van der Waals surface area (Å²) in [5.41, 5.74) is 0.678. The van der Waals surface area contributed by atoms with Gasteiger partial charge in [-0.15, -0.1) is 0 Å². The first-order chi connectivity index (χ1) is 8.16. The van der Waals surface area contributed by atoms with Crippen LogP contribution < -0.4 is 10.1 Å². The van der Waals surface area contributed by atoms with Crippen LogP contribution in [0.3, 0.4) is 0 Å². The Morgan fingerprint density at radius 2 is 2.18 bits per heavy atom. The fourth-order valence-corrected chi connectivity index (χ4v) is 1.49. The second-order valence-electron chi connectivity index (χ2n) is 3.76. The Bertz CT molecular complexity index is 380. The van der Waals surface area contributed by atoms with Gasteiger partial charge in [0.15, 0.2) is 0 Å². The second kappa shape index (κ2) is 6.85. The smallest absolute Gasteiger partial charge is 0.276 e. The van der Waals surface area contributed by atoms with E-state index in [1.54, 1.807) is 19.1 Å². The van der Waals surface area contributed by atoms with Gasteiger partial charge in [0, 0.05) is 12.6 Å². The van der Waals surface area contributed by atoms with Gasteiger partial charge in [0.2, 0.25) is 0 Å². The third-order valence-electron chi connectivity index (χ3n) is 2.42. The van der Waals surface area contributed by atoms with Crippen molar-refractivity contribution in [2.24, 2.45) is 0 Å². The highest BCUT2D eigenvalue weighted by molar-refractivity contribution is 5.48. The van der Waals surface area contributed by atoms with E-state index in [0.717, 1.165) is 19.5 Å². The van der Waals surface area contributed by atoms with Gasteiger partial charge >= 0.3 is 0 Å². The van der Waals surface area contributed by atoms with E-state index < -0.39 is 4.92 Å². The van der Waals surface area contributed by atoms with Crippen LogP contribution in [0.4, 0.5) is 5.69 Å². The molecule has 94 valence electrons. The van der Waals surface area contributed by atoms with Gasteiger partial charge in [-0.1, -0.05) is 13.0 Å². The molecule has 5 nitrogen and oxygen atoms in total. The fraction of sp³-hybridized carbons (Fsp3) is 0.500. The number of nitro groups is 1. The van der Waals surface area contributed by atoms with Crippen molar-refractivity contribution < 1.29 is 9.66 Å². The molecule has 0 aliphatic carbocycles. The van der Waals surface area contributed by atoms with Crippen molar-refractivity contribution in [3.8, 4) is 5.75 Å². The molecule has 1 aromatic rings. The number of ether oxygens (including phenoxy) is 1. The summed E-state index contributed by atoms with van der Waals surface area (Å²) in [6.45, 7) is 6.01. The highest BCUT2D eigenvalue weighted by Gasteiger charge is 2.13. The van der Waals surface area contributed by atoms with Crippen molar-refractivity contribution in [1.29, 1.82) is 0 Å². The van der Waals surface area contributed by atoms with Crippen LogP contribution in [0.1, 0.15) is 18.9 Å². The number of rotatable bonds is 7. The molecule has 0 saturated carbocycles. The maximum Gasteiger partial charge on any atom is 0.276 e. The molecule has 0 unspecified atom stereocenters. The zero-order chi connectivity index (χ0) is 12.7. The summed E-state index contributed by atoms with van der Waals surface area (Å²) in [4.78, 5) is 10.3. The lowest BCUT2D eigenvalue weighted by molar-refractivity contribution is -0.385. The summed E-state index contributed by atoms with van der Waals surface area (Å²) in [7, 11) is 0. The van der Waals surface area contributed by atoms with Crippen LogP contribution in [-0.2, 0) is 0 Å². The standard InChI is InChI=1S/C12H18N2O3/c1-3-7-13-8-9-17-12-6-4-5-11(10(12)2)14(15)16/h4-6,13H,3,7-9H2,1-2H3. The summed E-state index contributed by atoms with van der Waals surface area (Å²) in [6, 6.07) is 4.87. The lowest BCUT2D eigenvalue weighted by Crippen LogP contribution is -2.21. The highest BCUT2D eigenvalue weighted by atomic mass is 16.6. The molecule has 0 radical (unpaired) electrons. The molecule has 0 atom stereocenters. The molecule has 0 aliphatic heterocycles. The molecule has 0 aliphatic rings. The quantitative estimate of drug-likeness (QED) is 0.449. The number of hydrogen-bond acceptors (Lipinski definition) is 4. The maximum atomic E-state index is 10.7. The predicted molar refractivity (Wildman–Crippen MR) is 66.5 cm³/mol. The van der Waals surface area contributed by atoms with Crippen molar-refractivity contribution in [2.45, 2.75) is 20.3 Å². The summed E-state index contributed by atoms with van der Waals surface area (Å²) in [6.07, 6.45) is 1.08. The number of hydrogen-bond donors (Lipinski definition) is 1. The van der Waals surface area contributed by atoms with Gasteiger partial charge in [0.25, 0.3) is 5.69 Å². The topological polar surface area (TPSA) is 64.4 Å². The molecule has 1 N–H and O–H groups in total. The minimum absolute atomic E-state index is 0.101. The Labute approximate surface area is 101 Å². The monoisotopic (exact) mass is 238 g/mol. The largest absolute Gasteiger partial charge is 0.492 e. The maximum absolute atomic E-state index is 10.7. The first kappa shape index (κ1) is 13.4. The zero-order valence-corrected chi connectivity index (χ0v) is 10.2. The van der Waals surface area contributed by atoms with Crippen LogP contribution in [0.5, 0.6) is 5.75 Å². The lowest BCUT2D eigenvalue weighted by atomic mass is 10.2. The van der Waals surface area contributed by atoms with Gasteiger partial charge in [0.1, 0.15) is 12.4 Å². The normalized spacial score (nSPS) is 10.2. The Kier molecular flexibility index (Phi) is 5.42. The van der Waals surface area contributed by atoms with Crippen LogP contribution in [0, 0.1) is 17.0 Å². The zero-order valence-electron chi connectivity index (χ0n) is 10.2. The van der Waals surface area contributed by atoms with Crippen LogP contribution >= 0.6 is 0 Å². The molecule has 0 spiro atoms. The fourth-order valence-electron chi connectivity index (χ4n) is 1.49. The Balaban J connectivity index is 2.54. The SMILES string of the molecule is CCCNCCOc1cccc([N+](=O)[O-])c1C. The summed E-state index contributed by atoms with van der Waals surface area (Å²) in [5, 5.41) is 13.9. The molecular weight excluding hydrogens is 220 g/mol. The van der Waals surface area contributed by atoms with E-state index in [4.69, 9.17) is 4.74 Å². The van der Waals surface area contributed by atoms with Gasteiger partial charge in [-0.25, -0.2) is 0 Å². The molecule has 0 aromatic heterocycles. The Morgan fingerprint density at radius 1 is 1.41 bits per heavy atom. The van der Waals surface area contributed by atoms with Gasteiger partial charge in [0.05, 0.1) is 10.5 Å². The number of nitrogens with zero attached hydrogens (tertiary/aromatic N) is 1. The third-order valence-corrected chi connectivity index (χ3v) is 2.42. The molecule has 5 heteroatoms. The van der Waals surface area contributed by atoms with Crippen LogP contribution in [-0.4, -0.2) is 24.6 Å². The minimum atomic E-state index is -0.391. The molecule has 0 heterocycles. The van der Waals surface area contributed by atoms with E-state index in [2.05, 4.69) is 12.2 Å². The van der Waals surface area contributed by atoms with E-state index in [0.29, 0.717) is 17.9 Å². The predicted octanol–water partition coefficient (Wildman–Crippen LogP) is 2.28. The average Bonchev–Trinajstić information content (AvgIpc) is 2.30. The third kappa shape index (κ3) is 4.03. The molecule has 1 rings (SSSR count). The van der Waals surface area contributed by atoms with Gasteiger partial charge in [-0.2, -0.15) is 0 Å². The van der Waals surface area contributed by atoms with Crippen molar-refractivity contribution in [3.63, 3.8) is 0 Å². The van der Waals surface area contributed by atoms with Crippen LogP contribution in [0.15, 0.2) is 18.2 Å². The van der Waals surface area contributed by atoms with E-state index >= 15 is 0 Å². The highest BCUT2D eigenvalue weighted by Crippen LogP contribution is 2.26. The van der Waals surface area contributed by atoms with Gasteiger partial charge in [-0.3, -0.25) is 10.1 Å². The van der Waals surface area contributed by atoms with Crippen LogP contribution in [0.25, 0.3) is 0 Å². The van der Waals surface area contributed by atoms with E-state index in [1.807, 2.05) is 0 Å². The Hall–Kier alpha value is -1.62. The van der Waals surface area contributed by atoms with E-state index in [1.165, 1.54) is 6.07 Å². The summed E-state index contributed by atoms with van der Waals surface area (Å²) < 4.78 is 5.51. The second-order valence-corrected chi connectivity index (χ2v) is 3.76. The van der Waals surface area contributed by atoms with Gasteiger partial charge in [-0.05, 0) is 26.0 Å². The number of benzene rings is 1. The van der Waals surface area contributed by atoms with Crippen molar-refractivity contribution in [1.82, 2.24) is 5.32 Å². The van der Waals surface area contributed by atoms with Crippen molar-refractivity contribution in [2.75, 3.05) is 19.7 Å². The Morgan fingerprint density at radius 3 is 2.82 bits per heavy atom. The lowest BCUT2D eigenvalue weighted by Gasteiger charge is -2.09.